The Morgan fingerprint density at radius 2 is 1.73 bits per heavy atom. The Balaban J connectivity index is 1.91. The van der Waals surface area contributed by atoms with Crippen LogP contribution in [-0.2, 0) is 0 Å². The second-order valence-corrected chi connectivity index (χ2v) is 7.27. The Morgan fingerprint density at radius 1 is 1.04 bits per heavy atom. The summed E-state index contributed by atoms with van der Waals surface area (Å²) in [4.78, 5) is 10.5. The van der Waals surface area contributed by atoms with Crippen LogP contribution in [0.4, 0.5) is 15.9 Å². The topological polar surface area (TPSA) is 58.0 Å². The number of benzene rings is 2. The van der Waals surface area contributed by atoms with Crippen molar-refractivity contribution in [3.63, 3.8) is 0 Å². The lowest BCUT2D eigenvalue weighted by atomic mass is 10.0. The Kier molecular flexibility index (Phi) is 4.22. The average Bonchev–Trinajstić information content (AvgIpc) is 2.93. The van der Waals surface area contributed by atoms with Crippen LogP contribution in [-0.4, -0.2) is 15.1 Å². The van der Waals surface area contributed by atoms with Crippen molar-refractivity contribution < 1.29 is 9.50 Å². The lowest BCUT2D eigenvalue weighted by Gasteiger charge is -2.10. The number of nitrogens with zero attached hydrogens (tertiary/aromatic N) is 2. The number of fused-ring (bicyclic) bond motifs is 1. The molecular formula is C19H13ClFN3OS. The SMILES string of the molecule is Cc1sc2nc(Cl)nc(Nc3ccc(O)cc3)c2c1-c1ccc(F)cc1. The number of hydrogen-bond acceptors (Lipinski definition) is 5. The van der Waals surface area contributed by atoms with Gasteiger partial charge in [0.05, 0.1) is 5.39 Å². The summed E-state index contributed by atoms with van der Waals surface area (Å²) >= 11 is 7.61. The minimum Gasteiger partial charge on any atom is -0.508 e. The molecule has 26 heavy (non-hydrogen) atoms. The number of aromatic hydroxyl groups is 1. The zero-order chi connectivity index (χ0) is 18.3. The zero-order valence-corrected chi connectivity index (χ0v) is 15.2. The molecule has 0 amide bonds. The van der Waals surface area contributed by atoms with Gasteiger partial charge < -0.3 is 10.4 Å². The molecule has 0 aliphatic rings. The molecule has 0 aliphatic heterocycles. The summed E-state index contributed by atoms with van der Waals surface area (Å²) in [5.41, 5.74) is 2.59. The molecule has 0 atom stereocenters. The van der Waals surface area contributed by atoms with E-state index >= 15 is 0 Å². The largest absolute Gasteiger partial charge is 0.508 e. The van der Waals surface area contributed by atoms with Crippen molar-refractivity contribution in [1.82, 2.24) is 9.97 Å². The van der Waals surface area contributed by atoms with E-state index in [4.69, 9.17) is 11.6 Å². The predicted octanol–water partition coefficient (Wildman–Crippen LogP) is 5.91. The minimum absolute atomic E-state index is 0.144. The number of rotatable bonds is 3. The van der Waals surface area contributed by atoms with Gasteiger partial charge in [0.15, 0.2) is 0 Å². The van der Waals surface area contributed by atoms with Crippen LogP contribution in [0.5, 0.6) is 5.75 Å². The fourth-order valence-corrected chi connectivity index (χ4v) is 4.09. The quantitative estimate of drug-likeness (QED) is 0.340. The summed E-state index contributed by atoms with van der Waals surface area (Å²) in [6, 6.07) is 13.0. The minimum atomic E-state index is -0.285. The van der Waals surface area contributed by atoms with E-state index in [2.05, 4.69) is 15.3 Å². The summed E-state index contributed by atoms with van der Waals surface area (Å²) < 4.78 is 13.3. The normalized spacial score (nSPS) is 11.0. The Morgan fingerprint density at radius 3 is 2.42 bits per heavy atom. The molecular weight excluding hydrogens is 373 g/mol. The van der Waals surface area contributed by atoms with Crippen LogP contribution in [0, 0.1) is 12.7 Å². The number of phenolic OH excluding ortho intramolecular Hbond substituents is 1. The standard InChI is InChI=1S/C19H13ClFN3OS/c1-10-15(11-2-4-12(21)5-3-11)16-17(23-19(20)24-18(16)26-10)22-13-6-8-14(25)9-7-13/h2-9,25H,1H3,(H,22,23,24). The van der Waals surface area contributed by atoms with Crippen molar-refractivity contribution in [2.75, 3.05) is 5.32 Å². The number of aromatic nitrogens is 2. The first-order chi connectivity index (χ1) is 12.5. The Hall–Kier alpha value is -2.70. The van der Waals surface area contributed by atoms with Crippen LogP contribution >= 0.6 is 22.9 Å². The van der Waals surface area contributed by atoms with Gasteiger partial charge in [-0.2, -0.15) is 4.98 Å². The summed E-state index contributed by atoms with van der Waals surface area (Å²) in [7, 11) is 0. The van der Waals surface area contributed by atoms with E-state index in [0.29, 0.717) is 5.82 Å². The van der Waals surface area contributed by atoms with Gasteiger partial charge in [-0.25, -0.2) is 9.37 Å². The fourth-order valence-electron chi connectivity index (χ4n) is 2.82. The highest BCUT2D eigenvalue weighted by atomic mass is 35.5. The lowest BCUT2D eigenvalue weighted by Crippen LogP contribution is -1.96. The van der Waals surface area contributed by atoms with Gasteiger partial charge in [0.1, 0.15) is 22.2 Å². The van der Waals surface area contributed by atoms with Gasteiger partial charge in [-0.15, -0.1) is 11.3 Å². The molecule has 0 fully saturated rings. The van der Waals surface area contributed by atoms with E-state index in [-0.39, 0.29) is 16.9 Å². The fraction of sp³-hybridized carbons (Fsp3) is 0.0526. The smallest absolute Gasteiger partial charge is 0.225 e. The number of thiophene rings is 1. The third-order valence-electron chi connectivity index (χ3n) is 3.96. The second kappa shape index (κ2) is 6.55. The molecule has 0 saturated heterocycles. The van der Waals surface area contributed by atoms with Gasteiger partial charge in [-0.3, -0.25) is 0 Å². The van der Waals surface area contributed by atoms with E-state index < -0.39 is 0 Å². The maximum absolute atomic E-state index is 13.3. The van der Waals surface area contributed by atoms with Crippen molar-refractivity contribution in [1.29, 1.82) is 0 Å². The molecule has 0 bridgehead atoms. The summed E-state index contributed by atoms with van der Waals surface area (Å²) in [6.07, 6.45) is 0. The molecule has 2 heterocycles. The van der Waals surface area contributed by atoms with Gasteiger partial charge in [-0.05, 0) is 60.5 Å². The lowest BCUT2D eigenvalue weighted by molar-refractivity contribution is 0.475. The van der Waals surface area contributed by atoms with Gasteiger partial charge >= 0.3 is 0 Å². The average molecular weight is 386 g/mol. The van der Waals surface area contributed by atoms with E-state index in [1.165, 1.54) is 23.5 Å². The molecule has 0 unspecified atom stereocenters. The summed E-state index contributed by atoms with van der Waals surface area (Å²) in [5, 5.41) is 13.7. The highest BCUT2D eigenvalue weighted by Crippen LogP contribution is 2.41. The van der Waals surface area contributed by atoms with Crippen molar-refractivity contribution in [2.45, 2.75) is 6.92 Å². The van der Waals surface area contributed by atoms with Crippen LogP contribution in [0.3, 0.4) is 0 Å². The molecule has 2 aromatic carbocycles. The van der Waals surface area contributed by atoms with E-state index in [9.17, 15) is 9.50 Å². The van der Waals surface area contributed by atoms with Crippen molar-refractivity contribution in [3.05, 3.63) is 64.5 Å². The van der Waals surface area contributed by atoms with Gasteiger partial charge in [0.2, 0.25) is 5.28 Å². The number of nitrogens with one attached hydrogen (secondary N) is 1. The molecule has 4 rings (SSSR count). The van der Waals surface area contributed by atoms with Crippen molar-refractivity contribution in [3.8, 4) is 16.9 Å². The number of halogens is 2. The van der Waals surface area contributed by atoms with Crippen molar-refractivity contribution >= 4 is 44.7 Å². The number of phenols is 1. The van der Waals surface area contributed by atoms with E-state index in [1.807, 2.05) is 6.92 Å². The number of anilines is 2. The highest BCUT2D eigenvalue weighted by Gasteiger charge is 2.18. The van der Waals surface area contributed by atoms with Gasteiger partial charge in [0, 0.05) is 16.1 Å². The molecule has 2 N–H and O–H groups in total. The molecule has 4 nitrogen and oxygen atoms in total. The van der Waals surface area contributed by atoms with Gasteiger partial charge in [-0.1, -0.05) is 12.1 Å². The molecule has 2 aromatic heterocycles. The first-order valence-electron chi connectivity index (χ1n) is 7.80. The highest BCUT2D eigenvalue weighted by molar-refractivity contribution is 7.19. The molecule has 0 saturated carbocycles. The Bertz CT molecular complexity index is 1090. The van der Waals surface area contributed by atoms with Crippen molar-refractivity contribution in [2.24, 2.45) is 0 Å². The third-order valence-corrected chi connectivity index (χ3v) is 5.13. The maximum Gasteiger partial charge on any atom is 0.225 e. The maximum atomic E-state index is 13.3. The molecule has 7 heteroatoms. The second-order valence-electron chi connectivity index (χ2n) is 5.73. The Labute approximate surface area is 157 Å². The first kappa shape index (κ1) is 16.8. The first-order valence-corrected chi connectivity index (χ1v) is 8.99. The van der Waals surface area contributed by atoms with E-state index in [0.717, 1.165) is 31.9 Å². The van der Waals surface area contributed by atoms with Gasteiger partial charge in [0.25, 0.3) is 0 Å². The summed E-state index contributed by atoms with van der Waals surface area (Å²) in [6.45, 7) is 1.99. The number of hydrogen-bond donors (Lipinski definition) is 2. The van der Waals surface area contributed by atoms with Crippen LogP contribution < -0.4 is 5.32 Å². The molecule has 4 aromatic rings. The molecule has 0 radical (unpaired) electrons. The van der Waals surface area contributed by atoms with Crippen LogP contribution in [0.1, 0.15) is 4.88 Å². The molecule has 130 valence electrons. The molecule has 0 aliphatic carbocycles. The van der Waals surface area contributed by atoms with E-state index in [1.54, 1.807) is 36.4 Å². The summed E-state index contributed by atoms with van der Waals surface area (Å²) in [5.74, 6) is 0.460. The molecule has 0 spiro atoms. The number of aryl methyl sites for hydroxylation is 1. The van der Waals surface area contributed by atoms with Crippen LogP contribution in [0.25, 0.3) is 21.3 Å². The van der Waals surface area contributed by atoms with Crippen LogP contribution in [0.15, 0.2) is 48.5 Å². The zero-order valence-electron chi connectivity index (χ0n) is 13.6. The monoisotopic (exact) mass is 385 g/mol. The predicted molar refractivity (Wildman–Crippen MR) is 104 cm³/mol. The van der Waals surface area contributed by atoms with Crippen LogP contribution in [0.2, 0.25) is 5.28 Å². The third kappa shape index (κ3) is 3.09.